The first-order valence-corrected chi connectivity index (χ1v) is 9.19. The second kappa shape index (κ2) is 7.44. The van der Waals surface area contributed by atoms with Gasteiger partial charge in [0.15, 0.2) is 0 Å². The van der Waals surface area contributed by atoms with E-state index in [1.807, 2.05) is 18.2 Å². The van der Waals surface area contributed by atoms with Crippen LogP contribution in [-0.4, -0.2) is 42.7 Å². The van der Waals surface area contributed by atoms with Crippen LogP contribution < -0.4 is 0 Å². The van der Waals surface area contributed by atoms with E-state index in [1.54, 1.807) is 47.6 Å². The van der Waals surface area contributed by atoms with E-state index in [9.17, 15) is 14.7 Å². The van der Waals surface area contributed by atoms with Crippen LogP contribution in [0.4, 0.5) is 0 Å². The Balaban J connectivity index is 1.67. The van der Waals surface area contributed by atoms with Crippen LogP contribution in [0.2, 0.25) is 5.02 Å². The zero-order chi connectivity index (χ0) is 19.7. The molecule has 28 heavy (non-hydrogen) atoms. The van der Waals surface area contributed by atoms with Gasteiger partial charge < -0.3 is 10.0 Å². The maximum atomic E-state index is 13.2. The minimum atomic E-state index is -1.01. The highest BCUT2D eigenvalue weighted by Crippen LogP contribution is 2.40. The molecule has 4 rings (SSSR count). The molecule has 3 aromatic rings. The van der Waals surface area contributed by atoms with Crippen molar-refractivity contribution >= 4 is 23.5 Å². The van der Waals surface area contributed by atoms with E-state index in [1.165, 1.54) is 4.90 Å². The van der Waals surface area contributed by atoms with Crippen LogP contribution in [-0.2, 0) is 4.79 Å². The molecule has 2 atom stereocenters. The van der Waals surface area contributed by atoms with Crippen LogP contribution in [0.15, 0.2) is 61.2 Å². The summed E-state index contributed by atoms with van der Waals surface area (Å²) in [7, 11) is 0. The lowest BCUT2D eigenvalue weighted by atomic mass is 10.0. The van der Waals surface area contributed by atoms with Gasteiger partial charge >= 0.3 is 5.97 Å². The van der Waals surface area contributed by atoms with Crippen LogP contribution >= 0.6 is 11.6 Å². The van der Waals surface area contributed by atoms with Gasteiger partial charge in [0, 0.05) is 16.3 Å². The highest BCUT2D eigenvalue weighted by Gasteiger charge is 2.42. The molecule has 0 spiro atoms. The zero-order valence-electron chi connectivity index (χ0n) is 14.8. The fourth-order valence-corrected chi connectivity index (χ4v) is 3.91. The molecule has 1 fully saturated rings. The molecule has 2 heterocycles. The third-order valence-electron chi connectivity index (χ3n) is 5.00. The molecule has 1 aliphatic rings. The van der Waals surface area contributed by atoms with Crippen LogP contribution in [0.25, 0.3) is 5.69 Å². The van der Waals surface area contributed by atoms with Gasteiger partial charge in [0.05, 0.1) is 6.04 Å². The minimum absolute atomic E-state index is 0.329. The predicted molar refractivity (Wildman–Crippen MR) is 102 cm³/mol. The number of hydrogen-bond donors (Lipinski definition) is 1. The molecule has 0 bridgehead atoms. The molecule has 1 aromatic heterocycles. The van der Waals surface area contributed by atoms with Crippen molar-refractivity contribution < 1.29 is 14.7 Å². The molecule has 1 N–H and O–H groups in total. The number of rotatable bonds is 4. The summed E-state index contributed by atoms with van der Waals surface area (Å²) < 4.78 is 1.72. The van der Waals surface area contributed by atoms with Crippen molar-refractivity contribution in [3.8, 4) is 5.69 Å². The Morgan fingerprint density at radius 1 is 1.00 bits per heavy atom. The number of aromatic nitrogens is 3. The summed E-state index contributed by atoms with van der Waals surface area (Å²) in [6.07, 6.45) is 4.05. The number of carbonyl (C=O) groups excluding carboxylic acids is 1. The van der Waals surface area contributed by atoms with Crippen molar-refractivity contribution in [2.24, 2.45) is 0 Å². The van der Waals surface area contributed by atoms with Crippen LogP contribution in [0.5, 0.6) is 0 Å². The Bertz CT molecular complexity index is 1000. The van der Waals surface area contributed by atoms with E-state index in [2.05, 4.69) is 10.2 Å². The number of amides is 1. The summed E-state index contributed by atoms with van der Waals surface area (Å²) in [5.41, 5.74) is 1.99. The van der Waals surface area contributed by atoms with Crippen molar-refractivity contribution in [2.45, 2.75) is 24.9 Å². The van der Waals surface area contributed by atoms with Crippen molar-refractivity contribution in [3.05, 3.63) is 77.3 Å². The number of benzene rings is 2. The molecule has 0 radical (unpaired) electrons. The van der Waals surface area contributed by atoms with Gasteiger partial charge in [0.1, 0.15) is 18.7 Å². The van der Waals surface area contributed by atoms with Gasteiger partial charge in [-0.2, -0.15) is 0 Å². The third-order valence-corrected chi connectivity index (χ3v) is 5.34. The van der Waals surface area contributed by atoms with Crippen LogP contribution in [0, 0.1) is 0 Å². The number of hydrogen-bond acceptors (Lipinski definition) is 4. The maximum absolute atomic E-state index is 13.2. The lowest BCUT2D eigenvalue weighted by Gasteiger charge is -2.29. The third kappa shape index (κ3) is 3.25. The SMILES string of the molecule is O=C(O)[C@@H]1CC[C@H](c2ccccc2Cl)N1C(=O)c1ccc(-n2cnnc2)cc1. The Morgan fingerprint density at radius 2 is 1.68 bits per heavy atom. The first kappa shape index (κ1) is 18.2. The van der Waals surface area contributed by atoms with Gasteiger partial charge in [0.2, 0.25) is 0 Å². The fraction of sp³-hybridized carbons (Fsp3) is 0.200. The quantitative estimate of drug-likeness (QED) is 0.730. The second-order valence-corrected chi connectivity index (χ2v) is 7.00. The van der Waals surface area contributed by atoms with Crippen molar-refractivity contribution in [1.29, 1.82) is 0 Å². The number of nitrogens with zero attached hydrogens (tertiary/aromatic N) is 4. The van der Waals surface area contributed by atoms with Gasteiger partial charge in [-0.05, 0) is 48.7 Å². The molecule has 7 nitrogen and oxygen atoms in total. The highest BCUT2D eigenvalue weighted by atomic mass is 35.5. The summed E-state index contributed by atoms with van der Waals surface area (Å²) in [6.45, 7) is 0. The van der Waals surface area contributed by atoms with Crippen LogP contribution in [0.1, 0.15) is 34.8 Å². The Kier molecular flexibility index (Phi) is 4.83. The number of likely N-dealkylation sites (tertiary alicyclic amines) is 1. The molecule has 2 aromatic carbocycles. The van der Waals surface area contributed by atoms with E-state index < -0.39 is 12.0 Å². The fourth-order valence-electron chi connectivity index (χ4n) is 3.65. The average molecular weight is 397 g/mol. The molecule has 0 aliphatic carbocycles. The first-order chi connectivity index (χ1) is 13.6. The zero-order valence-corrected chi connectivity index (χ0v) is 15.5. The summed E-state index contributed by atoms with van der Waals surface area (Å²) >= 11 is 6.33. The molecule has 8 heteroatoms. The number of carboxylic acids is 1. The Hall–Kier alpha value is -3.19. The van der Waals surface area contributed by atoms with E-state index in [0.717, 1.165) is 11.3 Å². The van der Waals surface area contributed by atoms with Gasteiger partial charge in [-0.25, -0.2) is 4.79 Å². The van der Waals surface area contributed by atoms with E-state index >= 15 is 0 Å². The standard InChI is InChI=1S/C20H17ClN4O3/c21-16-4-2-1-3-15(16)17-9-10-18(20(27)28)25(17)19(26)13-5-7-14(8-6-13)24-11-22-23-12-24/h1-8,11-12,17-18H,9-10H2,(H,27,28)/t17-,18+/m1/s1. The van der Waals surface area contributed by atoms with Crippen molar-refractivity contribution in [1.82, 2.24) is 19.7 Å². The monoisotopic (exact) mass is 396 g/mol. The number of carboxylic acid groups (broad SMARTS) is 1. The predicted octanol–water partition coefficient (Wildman–Crippen LogP) is 3.35. The minimum Gasteiger partial charge on any atom is -0.480 e. The average Bonchev–Trinajstić information content (AvgIpc) is 3.38. The Morgan fingerprint density at radius 3 is 2.32 bits per heavy atom. The number of carbonyl (C=O) groups is 2. The molecule has 1 saturated heterocycles. The summed E-state index contributed by atoms with van der Waals surface area (Å²) in [5, 5.41) is 17.7. The Labute approximate surface area is 166 Å². The number of halogens is 1. The van der Waals surface area contributed by atoms with E-state index in [0.29, 0.717) is 23.4 Å². The topological polar surface area (TPSA) is 88.3 Å². The lowest BCUT2D eigenvalue weighted by molar-refractivity contribution is -0.141. The van der Waals surface area contributed by atoms with Crippen molar-refractivity contribution in [2.75, 3.05) is 0 Å². The molecular formula is C20H17ClN4O3. The highest BCUT2D eigenvalue weighted by molar-refractivity contribution is 6.31. The summed E-state index contributed by atoms with van der Waals surface area (Å²) in [6, 6.07) is 12.9. The van der Waals surface area contributed by atoms with Gasteiger partial charge in [-0.1, -0.05) is 29.8 Å². The van der Waals surface area contributed by atoms with Gasteiger partial charge in [-0.3, -0.25) is 9.36 Å². The van der Waals surface area contributed by atoms with E-state index in [-0.39, 0.29) is 11.9 Å². The van der Waals surface area contributed by atoms with Crippen LogP contribution in [0.3, 0.4) is 0 Å². The van der Waals surface area contributed by atoms with E-state index in [4.69, 9.17) is 11.6 Å². The largest absolute Gasteiger partial charge is 0.480 e. The smallest absolute Gasteiger partial charge is 0.326 e. The first-order valence-electron chi connectivity index (χ1n) is 8.81. The summed E-state index contributed by atoms with van der Waals surface area (Å²) in [4.78, 5) is 26.5. The molecule has 0 saturated carbocycles. The lowest BCUT2D eigenvalue weighted by Crippen LogP contribution is -2.41. The number of aliphatic carboxylic acids is 1. The van der Waals surface area contributed by atoms with Gasteiger partial charge in [-0.15, -0.1) is 10.2 Å². The van der Waals surface area contributed by atoms with Crippen molar-refractivity contribution in [3.63, 3.8) is 0 Å². The van der Waals surface area contributed by atoms with Gasteiger partial charge in [0.25, 0.3) is 5.91 Å². The summed E-state index contributed by atoms with van der Waals surface area (Å²) in [5.74, 6) is -1.34. The molecule has 1 aliphatic heterocycles. The molecule has 1 amide bonds. The second-order valence-electron chi connectivity index (χ2n) is 6.60. The maximum Gasteiger partial charge on any atom is 0.326 e. The molecular weight excluding hydrogens is 380 g/mol. The molecule has 142 valence electrons. The molecule has 0 unspecified atom stereocenters. The normalized spacial score (nSPS) is 19.0.